The van der Waals surface area contributed by atoms with Gasteiger partial charge in [-0.15, -0.1) is 0 Å². The zero-order valence-corrected chi connectivity index (χ0v) is 13.8. The number of nitrogens with one attached hydrogen (secondary N) is 1. The summed E-state index contributed by atoms with van der Waals surface area (Å²) in [4.78, 5) is 10.6. The Balaban J connectivity index is 2.25. The average Bonchev–Trinajstić information content (AvgIpc) is 2.39. The molecular weight excluding hydrogens is 332 g/mol. The number of nitro groups is 1. The van der Waals surface area contributed by atoms with Crippen LogP contribution in [0, 0.1) is 24.0 Å². The summed E-state index contributed by atoms with van der Waals surface area (Å²) < 4.78 is 0.483. The fourth-order valence-corrected chi connectivity index (χ4v) is 2.73. The van der Waals surface area contributed by atoms with Gasteiger partial charge in [0.2, 0.25) is 0 Å². The molecule has 21 heavy (non-hydrogen) atoms. The molecule has 1 N–H and O–H groups in total. The lowest BCUT2D eigenvalue weighted by molar-refractivity contribution is -0.385. The first-order chi connectivity index (χ1) is 9.86. The van der Waals surface area contributed by atoms with Gasteiger partial charge in [0.05, 0.1) is 9.40 Å². The molecule has 0 saturated heterocycles. The zero-order valence-electron chi connectivity index (χ0n) is 12.2. The van der Waals surface area contributed by atoms with Gasteiger partial charge < -0.3 is 5.32 Å². The van der Waals surface area contributed by atoms with E-state index in [1.165, 1.54) is 11.1 Å². The standard InChI is InChI=1S/C16H17BrN2O2/c1-10-6-11(2)8-13(7-10)12(3)18-14-4-5-15(17)16(9-14)19(20)21/h4-9,12,18H,1-3H3. The van der Waals surface area contributed by atoms with Gasteiger partial charge in [-0.05, 0) is 54.4 Å². The quantitative estimate of drug-likeness (QED) is 0.614. The molecule has 0 aliphatic rings. The molecule has 0 radical (unpaired) electrons. The Morgan fingerprint density at radius 2 is 1.76 bits per heavy atom. The number of aryl methyl sites for hydroxylation is 2. The minimum atomic E-state index is -0.392. The summed E-state index contributed by atoms with van der Waals surface area (Å²) in [5.74, 6) is 0. The van der Waals surface area contributed by atoms with Crippen molar-refractivity contribution < 1.29 is 4.92 Å². The molecule has 2 rings (SSSR count). The molecule has 1 unspecified atom stereocenters. The summed E-state index contributed by atoms with van der Waals surface area (Å²) in [7, 11) is 0. The first kappa shape index (κ1) is 15.5. The van der Waals surface area contributed by atoms with Crippen molar-refractivity contribution in [1.29, 1.82) is 0 Å². The molecule has 0 fully saturated rings. The molecule has 110 valence electrons. The molecular formula is C16H17BrN2O2. The van der Waals surface area contributed by atoms with Gasteiger partial charge >= 0.3 is 0 Å². The SMILES string of the molecule is Cc1cc(C)cc(C(C)Nc2ccc(Br)c([N+](=O)[O-])c2)c1. The van der Waals surface area contributed by atoms with E-state index in [0.29, 0.717) is 4.47 Å². The van der Waals surface area contributed by atoms with Gasteiger partial charge in [0.15, 0.2) is 0 Å². The number of nitro benzene ring substituents is 1. The van der Waals surface area contributed by atoms with E-state index in [9.17, 15) is 10.1 Å². The molecule has 2 aromatic rings. The van der Waals surface area contributed by atoms with Gasteiger partial charge in [0.25, 0.3) is 5.69 Å². The highest BCUT2D eigenvalue weighted by Gasteiger charge is 2.14. The molecule has 0 aliphatic heterocycles. The molecule has 0 heterocycles. The smallest absolute Gasteiger partial charge is 0.285 e. The van der Waals surface area contributed by atoms with Crippen LogP contribution in [0.25, 0.3) is 0 Å². The molecule has 0 aliphatic carbocycles. The molecule has 0 spiro atoms. The normalized spacial score (nSPS) is 12.0. The Hall–Kier alpha value is -1.88. The Bertz CT molecular complexity index is 666. The van der Waals surface area contributed by atoms with Crippen molar-refractivity contribution in [3.8, 4) is 0 Å². The van der Waals surface area contributed by atoms with Gasteiger partial charge in [-0.1, -0.05) is 29.3 Å². The predicted octanol–water partition coefficient (Wildman–Crippen LogP) is 5.15. The summed E-state index contributed by atoms with van der Waals surface area (Å²) in [5, 5.41) is 14.3. The molecule has 2 aromatic carbocycles. The van der Waals surface area contributed by atoms with E-state index in [1.54, 1.807) is 12.1 Å². The fourth-order valence-electron chi connectivity index (χ4n) is 2.34. The minimum Gasteiger partial charge on any atom is -0.378 e. The van der Waals surface area contributed by atoms with Crippen LogP contribution in [0.5, 0.6) is 0 Å². The van der Waals surface area contributed by atoms with Crippen LogP contribution in [0.3, 0.4) is 0 Å². The van der Waals surface area contributed by atoms with Crippen molar-refractivity contribution >= 4 is 27.3 Å². The lowest BCUT2D eigenvalue weighted by Gasteiger charge is -2.17. The first-order valence-corrected chi connectivity index (χ1v) is 7.45. The van der Waals surface area contributed by atoms with Crippen molar-refractivity contribution in [2.24, 2.45) is 0 Å². The molecule has 0 aromatic heterocycles. The van der Waals surface area contributed by atoms with E-state index >= 15 is 0 Å². The van der Waals surface area contributed by atoms with Crippen LogP contribution in [0.2, 0.25) is 0 Å². The lowest BCUT2D eigenvalue weighted by atomic mass is 10.0. The highest BCUT2D eigenvalue weighted by atomic mass is 79.9. The van der Waals surface area contributed by atoms with Gasteiger partial charge in [-0.2, -0.15) is 0 Å². The second-order valence-corrected chi connectivity index (χ2v) is 6.06. The van der Waals surface area contributed by atoms with E-state index in [0.717, 1.165) is 11.3 Å². The topological polar surface area (TPSA) is 55.2 Å². The maximum absolute atomic E-state index is 11.0. The molecule has 1 atom stereocenters. The average molecular weight is 349 g/mol. The Morgan fingerprint density at radius 1 is 1.14 bits per heavy atom. The second-order valence-electron chi connectivity index (χ2n) is 5.21. The van der Waals surface area contributed by atoms with Crippen molar-refractivity contribution in [1.82, 2.24) is 0 Å². The van der Waals surface area contributed by atoms with E-state index in [2.05, 4.69) is 53.3 Å². The number of hydrogen-bond donors (Lipinski definition) is 1. The third-order valence-electron chi connectivity index (χ3n) is 3.27. The summed E-state index contributed by atoms with van der Waals surface area (Å²) in [5.41, 5.74) is 4.38. The van der Waals surface area contributed by atoms with E-state index in [1.807, 2.05) is 13.0 Å². The summed E-state index contributed by atoms with van der Waals surface area (Å²) >= 11 is 3.19. The fraction of sp³-hybridized carbons (Fsp3) is 0.250. The van der Waals surface area contributed by atoms with Crippen molar-refractivity contribution in [2.45, 2.75) is 26.8 Å². The minimum absolute atomic E-state index is 0.0626. The highest BCUT2D eigenvalue weighted by Crippen LogP contribution is 2.30. The Kier molecular flexibility index (Phi) is 4.63. The van der Waals surface area contributed by atoms with Gasteiger partial charge in [-0.3, -0.25) is 10.1 Å². The van der Waals surface area contributed by atoms with Gasteiger partial charge in [0.1, 0.15) is 0 Å². The third-order valence-corrected chi connectivity index (χ3v) is 3.94. The zero-order chi connectivity index (χ0) is 15.6. The second kappa shape index (κ2) is 6.26. The third kappa shape index (κ3) is 3.82. The van der Waals surface area contributed by atoms with Crippen LogP contribution >= 0.6 is 15.9 Å². The summed E-state index contributed by atoms with van der Waals surface area (Å²) in [6.07, 6.45) is 0. The first-order valence-electron chi connectivity index (χ1n) is 6.65. The number of benzene rings is 2. The molecule has 0 amide bonds. The van der Waals surface area contributed by atoms with E-state index in [-0.39, 0.29) is 11.7 Å². The van der Waals surface area contributed by atoms with E-state index < -0.39 is 4.92 Å². The monoisotopic (exact) mass is 348 g/mol. The van der Waals surface area contributed by atoms with Crippen LogP contribution in [0.4, 0.5) is 11.4 Å². The maximum Gasteiger partial charge on any atom is 0.285 e. The largest absolute Gasteiger partial charge is 0.378 e. The number of hydrogen-bond acceptors (Lipinski definition) is 3. The molecule has 5 heteroatoms. The van der Waals surface area contributed by atoms with Crippen LogP contribution in [0.15, 0.2) is 40.9 Å². The Morgan fingerprint density at radius 3 is 2.33 bits per heavy atom. The van der Waals surface area contributed by atoms with Crippen LogP contribution < -0.4 is 5.32 Å². The number of halogens is 1. The molecule has 0 saturated carbocycles. The van der Waals surface area contributed by atoms with E-state index in [4.69, 9.17) is 0 Å². The van der Waals surface area contributed by atoms with Crippen molar-refractivity contribution in [3.05, 3.63) is 67.7 Å². The van der Waals surface area contributed by atoms with Gasteiger partial charge in [0, 0.05) is 17.8 Å². The van der Waals surface area contributed by atoms with Crippen LogP contribution in [-0.2, 0) is 0 Å². The van der Waals surface area contributed by atoms with Crippen LogP contribution in [-0.4, -0.2) is 4.92 Å². The molecule has 0 bridgehead atoms. The summed E-state index contributed by atoms with van der Waals surface area (Å²) in [6.45, 7) is 6.17. The molecule has 4 nitrogen and oxygen atoms in total. The van der Waals surface area contributed by atoms with Crippen molar-refractivity contribution in [2.75, 3.05) is 5.32 Å². The van der Waals surface area contributed by atoms with Gasteiger partial charge in [-0.25, -0.2) is 0 Å². The van der Waals surface area contributed by atoms with Crippen LogP contribution in [0.1, 0.15) is 29.7 Å². The lowest BCUT2D eigenvalue weighted by Crippen LogP contribution is -2.07. The van der Waals surface area contributed by atoms with Crippen molar-refractivity contribution in [3.63, 3.8) is 0 Å². The number of rotatable bonds is 4. The Labute approximate surface area is 132 Å². The number of anilines is 1. The highest BCUT2D eigenvalue weighted by molar-refractivity contribution is 9.10. The number of nitrogens with zero attached hydrogens (tertiary/aromatic N) is 1. The summed E-state index contributed by atoms with van der Waals surface area (Å²) in [6, 6.07) is 11.5. The maximum atomic E-state index is 11.0. The predicted molar refractivity (Wildman–Crippen MR) is 88.8 cm³/mol.